The van der Waals surface area contributed by atoms with Crippen LogP contribution in [0.25, 0.3) is 0 Å². The van der Waals surface area contributed by atoms with Crippen molar-refractivity contribution in [2.75, 3.05) is 5.73 Å². The highest BCUT2D eigenvalue weighted by molar-refractivity contribution is 6.30. The van der Waals surface area contributed by atoms with E-state index >= 15 is 0 Å². The van der Waals surface area contributed by atoms with Gasteiger partial charge in [-0.25, -0.2) is 4.98 Å². The standard InChI is InChI=1S/C13H10ClN3O/c1-8-4-5-17-13(10(8)7-15)18-12-3-2-9(14)6-11(12)16/h2-6H,16H2,1H3. The van der Waals surface area contributed by atoms with Crippen LogP contribution in [0.4, 0.5) is 5.69 Å². The molecule has 1 heterocycles. The average molecular weight is 260 g/mol. The largest absolute Gasteiger partial charge is 0.436 e. The molecule has 4 nitrogen and oxygen atoms in total. The average Bonchev–Trinajstić information content (AvgIpc) is 2.33. The van der Waals surface area contributed by atoms with Crippen LogP contribution in [-0.2, 0) is 0 Å². The minimum Gasteiger partial charge on any atom is -0.436 e. The first-order valence-corrected chi connectivity index (χ1v) is 5.58. The van der Waals surface area contributed by atoms with E-state index in [9.17, 15) is 0 Å². The number of anilines is 1. The summed E-state index contributed by atoms with van der Waals surface area (Å²) in [5, 5.41) is 9.59. The number of hydrogen-bond donors (Lipinski definition) is 1. The Morgan fingerprint density at radius 1 is 1.39 bits per heavy atom. The van der Waals surface area contributed by atoms with Gasteiger partial charge in [-0.05, 0) is 36.8 Å². The molecule has 0 aliphatic carbocycles. The Morgan fingerprint density at radius 2 is 2.17 bits per heavy atom. The number of hydrogen-bond acceptors (Lipinski definition) is 4. The molecule has 1 aromatic heterocycles. The summed E-state index contributed by atoms with van der Waals surface area (Å²) < 4.78 is 5.55. The normalized spacial score (nSPS) is 9.83. The highest BCUT2D eigenvalue weighted by Crippen LogP contribution is 2.30. The molecule has 18 heavy (non-hydrogen) atoms. The van der Waals surface area contributed by atoms with Gasteiger partial charge in [0.05, 0.1) is 5.69 Å². The Hall–Kier alpha value is -2.25. The number of aryl methyl sites for hydroxylation is 1. The Kier molecular flexibility index (Phi) is 3.35. The second-order valence-corrected chi connectivity index (χ2v) is 4.14. The summed E-state index contributed by atoms with van der Waals surface area (Å²) in [6.45, 7) is 1.82. The molecular weight excluding hydrogens is 250 g/mol. The summed E-state index contributed by atoms with van der Waals surface area (Å²) in [7, 11) is 0. The summed E-state index contributed by atoms with van der Waals surface area (Å²) in [6, 6.07) is 8.69. The van der Waals surface area contributed by atoms with Crippen molar-refractivity contribution in [2.45, 2.75) is 6.92 Å². The lowest BCUT2D eigenvalue weighted by atomic mass is 10.2. The Balaban J connectivity index is 2.41. The first kappa shape index (κ1) is 12.2. The molecule has 0 spiro atoms. The van der Waals surface area contributed by atoms with Gasteiger partial charge in [0, 0.05) is 11.2 Å². The van der Waals surface area contributed by atoms with Crippen LogP contribution < -0.4 is 10.5 Å². The van der Waals surface area contributed by atoms with Gasteiger partial charge in [-0.15, -0.1) is 0 Å². The highest BCUT2D eigenvalue weighted by atomic mass is 35.5. The van der Waals surface area contributed by atoms with Crippen LogP contribution in [0.5, 0.6) is 11.6 Å². The maximum Gasteiger partial charge on any atom is 0.237 e. The molecule has 0 aliphatic rings. The third kappa shape index (κ3) is 2.36. The maximum atomic E-state index is 9.07. The molecule has 90 valence electrons. The molecule has 0 aliphatic heterocycles. The molecule has 0 radical (unpaired) electrons. The van der Waals surface area contributed by atoms with Crippen molar-refractivity contribution in [3.63, 3.8) is 0 Å². The lowest BCUT2D eigenvalue weighted by Crippen LogP contribution is -1.97. The number of halogens is 1. The molecule has 0 saturated carbocycles. The van der Waals surface area contributed by atoms with E-state index in [2.05, 4.69) is 11.1 Å². The van der Waals surface area contributed by atoms with Crippen molar-refractivity contribution in [1.82, 2.24) is 4.98 Å². The minimum atomic E-state index is 0.242. The van der Waals surface area contributed by atoms with Crippen LogP contribution in [0.1, 0.15) is 11.1 Å². The first-order valence-electron chi connectivity index (χ1n) is 5.20. The van der Waals surface area contributed by atoms with Gasteiger partial charge in [0.1, 0.15) is 11.6 Å². The molecule has 5 heteroatoms. The fraction of sp³-hybridized carbons (Fsp3) is 0.0769. The number of nitriles is 1. The van der Waals surface area contributed by atoms with E-state index in [-0.39, 0.29) is 5.88 Å². The van der Waals surface area contributed by atoms with Crippen molar-refractivity contribution < 1.29 is 4.74 Å². The van der Waals surface area contributed by atoms with E-state index in [4.69, 9.17) is 27.3 Å². The zero-order valence-corrected chi connectivity index (χ0v) is 10.4. The fourth-order valence-corrected chi connectivity index (χ4v) is 1.64. The van der Waals surface area contributed by atoms with E-state index in [0.29, 0.717) is 22.0 Å². The van der Waals surface area contributed by atoms with Crippen molar-refractivity contribution in [2.24, 2.45) is 0 Å². The zero-order valence-electron chi connectivity index (χ0n) is 9.64. The van der Waals surface area contributed by atoms with Crippen molar-refractivity contribution in [3.05, 3.63) is 46.6 Å². The minimum absolute atomic E-state index is 0.242. The number of aromatic nitrogens is 1. The van der Waals surface area contributed by atoms with E-state index in [0.717, 1.165) is 5.56 Å². The second-order valence-electron chi connectivity index (χ2n) is 3.70. The van der Waals surface area contributed by atoms with Crippen LogP contribution >= 0.6 is 11.6 Å². The van der Waals surface area contributed by atoms with Gasteiger partial charge >= 0.3 is 0 Å². The summed E-state index contributed by atoms with van der Waals surface area (Å²) in [5.74, 6) is 0.667. The van der Waals surface area contributed by atoms with E-state index in [1.165, 1.54) is 0 Å². The molecule has 2 rings (SSSR count). The molecule has 0 fully saturated rings. The SMILES string of the molecule is Cc1ccnc(Oc2ccc(Cl)cc2N)c1C#N. The van der Waals surface area contributed by atoms with E-state index in [1.54, 1.807) is 30.5 Å². The lowest BCUT2D eigenvalue weighted by molar-refractivity contribution is 0.463. The topological polar surface area (TPSA) is 71.9 Å². The van der Waals surface area contributed by atoms with Gasteiger partial charge in [0.2, 0.25) is 5.88 Å². The van der Waals surface area contributed by atoms with Crippen molar-refractivity contribution in [3.8, 4) is 17.7 Å². The van der Waals surface area contributed by atoms with Crippen LogP contribution in [-0.4, -0.2) is 4.98 Å². The third-order valence-corrected chi connectivity index (χ3v) is 2.65. The Morgan fingerprint density at radius 3 is 2.83 bits per heavy atom. The highest BCUT2D eigenvalue weighted by Gasteiger charge is 2.10. The molecule has 2 aromatic rings. The molecule has 2 N–H and O–H groups in total. The van der Waals surface area contributed by atoms with Crippen molar-refractivity contribution in [1.29, 1.82) is 5.26 Å². The molecule has 0 unspecified atom stereocenters. The van der Waals surface area contributed by atoms with Crippen LogP contribution in [0, 0.1) is 18.3 Å². The van der Waals surface area contributed by atoms with Gasteiger partial charge in [0.25, 0.3) is 0 Å². The lowest BCUT2D eigenvalue weighted by Gasteiger charge is -2.09. The number of benzene rings is 1. The molecule has 0 atom stereocenters. The van der Waals surface area contributed by atoms with Gasteiger partial charge in [-0.1, -0.05) is 11.6 Å². The number of nitrogens with zero attached hydrogens (tertiary/aromatic N) is 2. The summed E-state index contributed by atoms with van der Waals surface area (Å²) in [4.78, 5) is 4.04. The van der Waals surface area contributed by atoms with Crippen molar-refractivity contribution >= 4 is 17.3 Å². The van der Waals surface area contributed by atoms with Gasteiger partial charge in [-0.3, -0.25) is 0 Å². The first-order chi connectivity index (χ1) is 8.61. The Bertz CT molecular complexity index is 635. The maximum absolute atomic E-state index is 9.07. The number of nitrogen functional groups attached to an aromatic ring is 1. The Labute approximate surface area is 110 Å². The summed E-state index contributed by atoms with van der Waals surface area (Å²) in [6.07, 6.45) is 1.58. The molecule has 0 saturated heterocycles. The molecule has 0 bridgehead atoms. The predicted octanol–water partition coefficient (Wildman–Crippen LogP) is 3.29. The number of pyridine rings is 1. The summed E-state index contributed by atoms with van der Waals surface area (Å²) in [5.41, 5.74) is 7.37. The van der Waals surface area contributed by atoms with Crippen LogP contribution in [0.2, 0.25) is 5.02 Å². The smallest absolute Gasteiger partial charge is 0.237 e. The van der Waals surface area contributed by atoms with Gasteiger partial charge < -0.3 is 10.5 Å². The third-order valence-electron chi connectivity index (χ3n) is 2.41. The monoisotopic (exact) mass is 259 g/mol. The molecular formula is C13H10ClN3O. The van der Waals surface area contributed by atoms with E-state index < -0.39 is 0 Å². The quantitative estimate of drug-likeness (QED) is 0.840. The van der Waals surface area contributed by atoms with Gasteiger partial charge in [-0.2, -0.15) is 5.26 Å². The predicted molar refractivity (Wildman–Crippen MR) is 69.6 cm³/mol. The number of nitrogens with two attached hydrogens (primary N) is 1. The summed E-state index contributed by atoms with van der Waals surface area (Å²) >= 11 is 5.80. The van der Waals surface area contributed by atoms with Gasteiger partial charge in [0.15, 0.2) is 5.75 Å². The number of ether oxygens (including phenoxy) is 1. The molecule has 0 amide bonds. The van der Waals surface area contributed by atoms with E-state index in [1.807, 2.05) is 6.92 Å². The fourth-order valence-electron chi connectivity index (χ4n) is 1.46. The second kappa shape index (κ2) is 4.94. The number of rotatable bonds is 2. The molecule has 1 aromatic carbocycles. The van der Waals surface area contributed by atoms with Crippen LogP contribution in [0.3, 0.4) is 0 Å². The van der Waals surface area contributed by atoms with Crippen LogP contribution in [0.15, 0.2) is 30.5 Å². The zero-order chi connectivity index (χ0) is 13.1.